The normalized spacial score (nSPS) is 11.8. The van der Waals surface area contributed by atoms with Gasteiger partial charge in [0.25, 0.3) is 5.91 Å². The highest BCUT2D eigenvalue weighted by Gasteiger charge is 2.14. The number of hydrogen-bond acceptors (Lipinski definition) is 5. The van der Waals surface area contributed by atoms with Crippen molar-refractivity contribution in [3.63, 3.8) is 0 Å². The number of hydrogen-bond donors (Lipinski definition) is 2. The first-order valence-electron chi connectivity index (χ1n) is 8.56. The molecule has 2 amide bonds. The summed E-state index contributed by atoms with van der Waals surface area (Å²) in [6.45, 7) is 3.96. The van der Waals surface area contributed by atoms with Gasteiger partial charge in [0.2, 0.25) is 11.0 Å². The average Bonchev–Trinajstić information content (AvgIpc) is 3.02. The van der Waals surface area contributed by atoms with E-state index in [1.165, 1.54) is 17.8 Å². The fraction of sp³-hybridized carbons (Fsp3) is 0.444. The molecule has 0 aliphatic carbocycles. The lowest BCUT2D eigenvalue weighted by molar-refractivity contribution is -0.116. The molecule has 25 heavy (non-hydrogen) atoms. The van der Waals surface area contributed by atoms with Crippen molar-refractivity contribution in [2.24, 2.45) is 0 Å². The quantitative estimate of drug-likeness (QED) is 0.671. The first kappa shape index (κ1) is 19.1. The number of rotatable bonds is 9. The molecule has 0 bridgehead atoms. The highest BCUT2D eigenvalue weighted by molar-refractivity contribution is 7.15. The van der Waals surface area contributed by atoms with Crippen LogP contribution in [0.25, 0.3) is 0 Å². The number of nitrogens with one attached hydrogen (secondary N) is 2. The van der Waals surface area contributed by atoms with Crippen molar-refractivity contribution in [3.8, 4) is 0 Å². The fourth-order valence-corrected chi connectivity index (χ4v) is 3.13. The predicted octanol–water partition coefficient (Wildman–Crippen LogP) is 3.42. The maximum atomic E-state index is 12.1. The van der Waals surface area contributed by atoms with Gasteiger partial charge in [0.1, 0.15) is 5.01 Å². The monoisotopic (exact) mass is 360 g/mol. The molecule has 1 unspecified atom stereocenters. The lowest BCUT2D eigenvalue weighted by Crippen LogP contribution is -2.35. The van der Waals surface area contributed by atoms with Gasteiger partial charge < -0.3 is 10.6 Å². The zero-order valence-corrected chi connectivity index (χ0v) is 15.4. The SMILES string of the molecule is CCCCCc1nnc(NC(=O)CC(C)NC(=O)c2ccccc2)s1. The van der Waals surface area contributed by atoms with Crippen molar-refractivity contribution in [2.45, 2.75) is 52.0 Å². The third-order valence-electron chi connectivity index (χ3n) is 3.61. The van der Waals surface area contributed by atoms with Crippen LogP contribution in [0.15, 0.2) is 30.3 Å². The zero-order chi connectivity index (χ0) is 18.1. The molecule has 0 aliphatic heterocycles. The minimum Gasteiger partial charge on any atom is -0.349 e. The maximum absolute atomic E-state index is 12.1. The number of carbonyl (C=O) groups excluding carboxylic acids is 2. The van der Waals surface area contributed by atoms with Gasteiger partial charge in [-0.05, 0) is 25.5 Å². The molecule has 134 valence electrons. The molecular weight excluding hydrogens is 336 g/mol. The minimum absolute atomic E-state index is 0.183. The first-order valence-corrected chi connectivity index (χ1v) is 9.38. The van der Waals surface area contributed by atoms with Crippen LogP contribution >= 0.6 is 11.3 Å². The molecule has 0 spiro atoms. The summed E-state index contributed by atoms with van der Waals surface area (Å²) in [6, 6.07) is 8.67. The van der Waals surface area contributed by atoms with Gasteiger partial charge in [-0.25, -0.2) is 0 Å². The van der Waals surface area contributed by atoms with Gasteiger partial charge in [0, 0.05) is 24.4 Å². The van der Waals surface area contributed by atoms with E-state index in [9.17, 15) is 9.59 Å². The number of unbranched alkanes of at least 4 members (excludes halogenated alkanes) is 2. The molecule has 7 heteroatoms. The van der Waals surface area contributed by atoms with E-state index in [0.29, 0.717) is 10.7 Å². The van der Waals surface area contributed by atoms with E-state index in [1.807, 2.05) is 6.07 Å². The number of aromatic nitrogens is 2. The Morgan fingerprint density at radius 2 is 1.92 bits per heavy atom. The molecule has 0 fully saturated rings. The van der Waals surface area contributed by atoms with Crippen LogP contribution in [0.1, 0.15) is 54.9 Å². The summed E-state index contributed by atoms with van der Waals surface area (Å²) in [5, 5.41) is 15.1. The third-order valence-corrected chi connectivity index (χ3v) is 4.51. The summed E-state index contributed by atoms with van der Waals surface area (Å²) >= 11 is 1.41. The van der Waals surface area contributed by atoms with E-state index < -0.39 is 0 Å². The molecule has 1 heterocycles. The number of carbonyl (C=O) groups is 2. The second kappa shape index (κ2) is 9.88. The second-order valence-electron chi connectivity index (χ2n) is 5.95. The van der Waals surface area contributed by atoms with Crippen LogP contribution in [0.3, 0.4) is 0 Å². The van der Waals surface area contributed by atoms with Gasteiger partial charge in [-0.3, -0.25) is 9.59 Å². The van der Waals surface area contributed by atoms with E-state index in [0.717, 1.165) is 24.3 Å². The van der Waals surface area contributed by atoms with Gasteiger partial charge >= 0.3 is 0 Å². The lowest BCUT2D eigenvalue weighted by Gasteiger charge is -2.13. The molecule has 0 saturated heterocycles. The second-order valence-corrected chi connectivity index (χ2v) is 7.01. The maximum Gasteiger partial charge on any atom is 0.251 e. The Morgan fingerprint density at radius 3 is 2.64 bits per heavy atom. The fourth-order valence-electron chi connectivity index (χ4n) is 2.33. The molecule has 1 atom stereocenters. The number of aryl methyl sites for hydroxylation is 1. The van der Waals surface area contributed by atoms with Crippen molar-refractivity contribution >= 4 is 28.3 Å². The molecular formula is C18H24N4O2S. The Balaban J connectivity index is 1.76. The van der Waals surface area contributed by atoms with Crippen molar-refractivity contribution in [3.05, 3.63) is 40.9 Å². The van der Waals surface area contributed by atoms with Crippen molar-refractivity contribution in [1.29, 1.82) is 0 Å². The van der Waals surface area contributed by atoms with Crippen LogP contribution in [0, 0.1) is 0 Å². The number of nitrogens with zero attached hydrogens (tertiary/aromatic N) is 2. The van der Waals surface area contributed by atoms with Gasteiger partial charge in [0.15, 0.2) is 0 Å². The molecule has 1 aromatic heterocycles. The van der Waals surface area contributed by atoms with E-state index in [-0.39, 0.29) is 24.3 Å². The standard InChI is InChI=1S/C18H24N4O2S/c1-3-4-6-11-16-21-22-18(25-16)20-15(23)12-13(2)19-17(24)14-9-7-5-8-10-14/h5,7-10,13H,3-4,6,11-12H2,1-2H3,(H,19,24)(H,20,22,23). The van der Waals surface area contributed by atoms with E-state index in [2.05, 4.69) is 27.8 Å². The van der Waals surface area contributed by atoms with Crippen LogP contribution in [-0.2, 0) is 11.2 Å². The van der Waals surface area contributed by atoms with Crippen molar-refractivity contribution < 1.29 is 9.59 Å². The number of anilines is 1. The third kappa shape index (κ3) is 6.62. The molecule has 2 rings (SSSR count). The molecule has 2 N–H and O–H groups in total. The van der Waals surface area contributed by atoms with Crippen LogP contribution < -0.4 is 10.6 Å². The Labute approximate surface area is 152 Å². The first-order chi connectivity index (χ1) is 12.1. The summed E-state index contributed by atoms with van der Waals surface area (Å²) < 4.78 is 0. The van der Waals surface area contributed by atoms with Gasteiger partial charge in [0.05, 0.1) is 0 Å². The smallest absolute Gasteiger partial charge is 0.251 e. The van der Waals surface area contributed by atoms with Crippen LogP contribution in [0.4, 0.5) is 5.13 Å². The van der Waals surface area contributed by atoms with Crippen molar-refractivity contribution in [2.75, 3.05) is 5.32 Å². The van der Waals surface area contributed by atoms with Gasteiger partial charge in [-0.1, -0.05) is 49.3 Å². The Kier molecular flexibility index (Phi) is 7.53. The number of benzene rings is 1. The van der Waals surface area contributed by atoms with Gasteiger partial charge in [-0.2, -0.15) is 0 Å². The molecule has 0 aliphatic rings. The highest BCUT2D eigenvalue weighted by atomic mass is 32.1. The Morgan fingerprint density at radius 1 is 1.16 bits per heavy atom. The lowest BCUT2D eigenvalue weighted by atomic mass is 10.1. The largest absolute Gasteiger partial charge is 0.349 e. The van der Waals surface area contributed by atoms with Crippen LogP contribution in [-0.4, -0.2) is 28.1 Å². The Hall–Kier alpha value is -2.28. The summed E-state index contributed by atoms with van der Waals surface area (Å²) in [5.74, 6) is -0.368. The van der Waals surface area contributed by atoms with Crippen LogP contribution in [0.2, 0.25) is 0 Å². The molecule has 0 saturated carbocycles. The minimum atomic E-state index is -0.273. The molecule has 6 nitrogen and oxygen atoms in total. The Bertz CT molecular complexity index is 687. The number of amides is 2. The zero-order valence-electron chi connectivity index (χ0n) is 14.6. The summed E-state index contributed by atoms with van der Waals surface area (Å²) in [6.07, 6.45) is 4.49. The van der Waals surface area contributed by atoms with E-state index in [4.69, 9.17) is 0 Å². The topological polar surface area (TPSA) is 84.0 Å². The molecule has 0 radical (unpaired) electrons. The predicted molar refractivity (Wildman–Crippen MR) is 99.8 cm³/mol. The summed E-state index contributed by atoms with van der Waals surface area (Å²) in [5.41, 5.74) is 0.579. The van der Waals surface area contributed by atoms with Crippen molar-refractivity contribution in [1.82, 2.24) is 15.5 Å². The highest BCUT2D eigenvalue weighted by Crippen LogP contribution is 2.17. The van der Waals surface area contributed by atoms with E-state index in [1.54, 1.807) is 31.2 Å². The average molecular weight is 360 g/mol. The summed E-state index contributed by atoms with van der Waals surface area (Å²) in [4.78, 5) is 24.1. The summed E-state index contributed by atoms with van der Waals surface area (Å²) in [7, 11) is 0. The van der Waals surface area contributed by atoms with E-state index >= 15 is 0 Å². The van der Waals surface area contributed by atoms with Crippen LogP contribution in [0.5, 0.6) is 0 Å². The van der Waals surface area contributed by atoms with Gasteiger partial charge in [-0.15, -0.1) is 10.2 Å². The molecule has 1 aromatic carbocycles. The molecule has 2 aromatic rings.